The zero-order chi connectivity index (χ0) is 14.7. The molecule has 1 amide bonds. The van der Waals surface area contributed by atoms with Crippen LogP contribution in [0, 0.1) is 0 Å². The summed E-state index contributed by atoms with van der Waals surface area (Å²) in [6, 6.07) is 8.36. The molecule has 0 saturated heterocycles. The number of nitrogens with zero attached hydrogens (tertiary/aromatic N) is 2. The molecule has 1 heterocycles. The number of pyridine rings is 1. The van der Waals surface area contributed by atoms with Gasteiger partial charge in [-0.25, -0.2) is 4.98 Å². The van der Waals surface area contributed by atoms with E-state index in [9.17, 15) is 4.79 Å². The van der Waals surface area contributed by atoms with Crippen molar-refractivity contribution in [1.82, 2.24) is 4.98 Å². The Morgan fingerprint density at radius 3 is 2.30 bits per heavy atom. The SMILES string of the molecule is CN(C)c1ccc(C(=O)Nc2cc(Cl)cc(Cl)c2)cn1. The number of halogens is 2. The maximum absolute atomic E-state index is 12.1. The third-order valence-electron chi connectivity index (χ3n) is 2.59. The fourth-order valence-electron chi connectivity index (χ4n) is 1.61. The monoisotopic (exact) mass is 309 g/mol. The van der Waals surface area contributed by atoms with Gasteiger partial charge in [0.1, 0.15) is 5.82 Å². The van der Waals surface area contributed by atoms with Gasteiger partial charge in [0, 0.05) is 36.0 Å². The van der Waals surface area contributed by atoms with Crippen LogP contribution in [0.25, 0.3) is 0 Å². The first kappa shape index (κ1) is 14.6. The quantitative estimate of drug-likeness (QED) is 0.940. The minimum absolute atomic E-state index is 0.263. The maximum atomic E-state index is 12.1. The Labute approximate surface area is 127 Å². The van der Waals surface area contributed by atoms with E-state index in [0.29, 0.717) is 21.3 Å². The molecule has 0 aliphatic heterocycles. The molecule has 6 heteroatoms. The molecule has 20 heavy (non-hydrogen) atoms. The van der Waals surface area contributed by atoms with E-state index >= 15 is 0 Å². The van der Waals surface area contributed by atoms with Crippen molar-refractivity contribution in [3.63, 3.8) is 0 Å². The molecule has 104 valence electrons. The van der Waals surface area contributed by atoms with Gasteiger partial charge in [0.2, 0.25) is 0 Å². The summed E-state index contributed by atoms with van der Waals surface area (Å²) in [5.41, 5.74) is 1.01. The molecule has 2 aromatic rings. The summed E-state index contributed by atoms with van der Waals surface area (Å²) in [5, 5.41) is 3.66. The predicted octanol–water partition coefficient (Wildman–Crippen LogP) is 3.71. The predicted molar refractivity (Wildman–Crippen MR) is 83.0 cm³/mol. The van der Waals surface area contributed by atoms with Gasteiger partial charge in [-0.3, -0.25) is 4.79 Å². The lowest BCUT2D eigenvalue weighted by atomic mass is 10.2. The van der Waals surface area contributed by atoms with Gasteiger partial charge in [0.25, 0.3) is 5.91 Å². The van der Waals surface area contributed by atoms with Crippen molar-refractivity contribution in [3.8, 4) is 0 Å². The number of benzene rings is 1. The van der Waals surface area contributed by atoms with Gasteiger partial charge in [-0.15, -0.1) is 0 Å². The Bertz CT molecular complexity index is 607. The first-order chi connectivity index (χ1) is 9.45. The largest absolute Gasteiger partial charge is 0.363 e. The second-order valence-corrected chi connectivity index (χ2v) is 5.28. The standard InChI is InChI=1S/C14H13Cl2N3O/c1-19(2)13-4-3-9(8-17-13)14(20)18-12-6-10(15)5-11(16)7-12/h3-8H,1-2H3,(H,18,20). The second kappa shape index (κ2) is 6.11. The van der Waals surface area contributed by atoms with Crippen molar-refractivity contribution >= 4 is 40.6 Å². The number of rotatable bonds is 3. The minimum Gasteiger partial charge on any atom is -0.363 e. The zero-order valence-electron chi connectivity index (χ0n) is 11.0. The number of anilines is 2. The van der Waals surface area contributed by atoms with E-state index in [1.165, 1.54) is 6.20 Å². The molecule has 0 atom stereocenters. The number of amides is 1. The summed E-state index contributed by atoms with van der Waals surface area (Å²) < 4.78 is 0. The van der Waals surface area contributed by atoms with Crippen LogP contribution in [0.2, 0.25) is 10.0 Å². The number of aromatic nitrogens is 1. The zero-order valence-corrected chi connectivity index (χ0v) is 12.5. The molecule has 1 aromatic carbocycles. The topological polar surface area (TPSA) is 45.2 Å². The molecule has 4 nitrogen and oxygen atoms in total. The Balaban J connectivity index is 2.15. The van der Waals surface area contributed by atoms with E-state index in [1.807, 2.05) is 19.0 Å². The van der Waals surface area contributed by atoms with Crippen molar-refractivity contribution in [2.24, 2.45) is 0 Å². The van der Waals surface area contributed by atoms with Gasteiger partial charge < -0.3 is 10.2 Å². The average molecular weight is 310 g/mol. The van der Waals surface area contributed by atoms with Gasteiger partial charge in [-0.1, -0.05) is 23.2 Å². The highest BCUT2D eigenvalue weighted by Crippen LogP contribution is 2.23. The summed E-state index contributed by atoms with van der Waals surface area (Å²) in [5.74, 6) is 0.522. The molecule has 0 aliphatic rings. The molecular weight excluding hydrogens is 297 g/mol. The highest BCUT2D eigenvalue weighted by molar-refractivity contribution is 6.35. The average Bonchev–Trinajstić information content (AvgIpc) is 2.37. The van der Waals surface area contributed by atoms with Gasteiger partial charge in [0.15, 0.2) is 0 Å². The van der Waals surface area contributed by atoms with Crippen molar-refractivity contribution in [3.05, 3.63) is 52.1 Å². The lowest BCUT2D eigenvalue weighted by Gasteiger charge is -2.11. The number of carbonyl (C=O) groups is 1. The third-order valence-corrected chi connectivity index (χ3v) is 3.03. The summed E-state index contributed by atoms with van der Waals surface area (Å²) in [6.45, 7) is 0. The molecule has 0 unspecified atom stereocenters. The van der Waals surface area contributed by atoms with E-state index in [0.717, 1.165) is 5.82 Å². The summed E-state index contributed by atoms with van der Waals surface area (Å²) in [6.07, 6.45) is 1.52. The van der Waals surface area contributed by atoms with Crippen molar-refractivity contribution < 1.29 is 4.79 Å². The van der Waals surface area contributed by atoms with Crippen LogP contribution in [0.15, 0.2) is 36.5 Å². The molecule has 0 fully saturated rings. The second-order valence-electron chi connectivity index (χ2n) is 4.41. The molecular formula is C14H13Cl2N3O. The first-order valence-electron chi connectivity index (χ1n) is 5.86. The molecule has 1 aromatic heterocycles. The van der Waals surface area contributed by atoms with Crippen LogP contribution < -0.4 is 10.2 Å². The third kappa shape index (κ3) is 3.62. The lowest BCUT2D eigenvalue weighted by Crippen LogP contribution is -2.14. The number of nitrogens with one attached hydrogen (secondary N) is 1. The van der Waals surface area contributed by atoms with Crippen molar-refractivity contribution in [2.75, 3.05) is 24.3 Å². The van der Waals surface area contributed by atoms with E-state index in [4.69, 9.17) is 23.2 Å². The molecule has 0 bridgehead atoms. The molecule has 0 saturated carbocycles. The highest BCUT2D eigenvalue weighted by atomic mass is 35.5. The summed E-state index contributed by atoms with van der Waals surface area (Å²) >= 11 is 11.8. The molecule has 2 rings (SSSR count). The number of hydrogen-bond acceptors (Lipinski definition) is 3. The Hall–Kier alpha value is -1.78. The molecule has 0 aliphatic carbocycles. The van der Waals surface area contributed by atoms with Crippen molar-refractivity contribution in [1.29, 1.82) is 0 Å². The van der Waals surface area contributed by atoms with Gasteiger partial charge in [-0.05, 0) is 30.3 Å². The van der Waals surface area contributed by atoms with Crippen molar-refractivity contribution in [2.45, 2.75) is 0 Å². The fourth-order valence-corrected chi connectivity index (χ4v) is 2.14. The first-order valence-corrected chi connectivity index (χ1v) is 6.62. The smallest absolute Gasteiger partial charge is 0.257 e. The molecule has 0 spiro atoms. The van der Waals surface area contributed by atoms with Gasteiger partial charge in [-0.2, -0.15) is 0 Å². The lowest BCUT2D eigenvalue weighted by molar-refractivity contribution is 0.102. The Kier molecular flexibility index (Phi) is 4.47. The Morgan fingerprint density at radius 2 is 1.80 bits per heavy atom. The van der Waals surface area contributed by atoms with Crippen LogP contribution in [0.3, 0.4) is 0 Å². The normalized spacial score (nSPS) is 10.2. The van der Waals surface area contributed by atoms with Crippen LogP contribution in [-0.4, -0.2) is 25.0 Å². The van der Waals surface area contributed by atoms with Crippen LogP contribution in [0.4, 0.5) is 11.5 Å². The van der Waals surface area contributed by atoms with Crippen LogP contribution in [-0.2, 0) is 0 Å². The van der Waals surface area contributed by atoms with E-state index < -0.39 is 0 Å². The van der Waals surface area contributed by atoms with Gasteiger partial charge in [0.05, 0.1) is 5.56 Å². The van der Waals surface area contributed by atoms with Crippen LogP contribution >= 0.6 is 23.2 Å². The molecule has 0 radical (unpaired) electrons. The van der Waals surface area contributed by atoms with E-state index in [2.05, 4.69) is 10.3 Å². The Morgan fingerprint density at radius 1 is 1.15 bits per heavy atom. The van der Waals surface area contributed by atoms with Crippen LogP contribution in [0.1, 0.15) is 10.4 Å². The number of carbonyl (C=O) groups excluding carboxylic acids is 1. The van der Waals surface area contributed by atoms with Gasteiger partial charge >= 0.3 is 0 Å². The van der Waals surface area contributed by atoms with E-state index in [1.54, 1.807) is 30.3 Å². The maximum Gasteiger partial charge on any atom is 0.257 e. The molecule has 1 N–H and O–H groups in total. The number of hydrogen-bond donors (Lipinski definition) is 1. The summed E-state index contributed by atoms with van der Waals surface area (Å²) in [4.78, 5) is 18.1. The van der Waals surface area contributed by atoms with E-state index in [-0.39, 0.29) is 5.91 Å². The minimum atomic E-state index is -0.263. The van der Waals surface area contributed by atoms with Crippen LogP contribution in [0.5, 0.6) is 0 Å². The highest BCUT2D eigenvalue weighted by Gasteiger charge is 2.08. The summed E-state index contributed by atoms with van der Waals surface area (Å²) in [7, 11) is 3.77. The fraction of sp³-hybridized carbons (Fsp3) is 0.143.